The Morgan fingerprint density at radius 2 is 1.96 bits per heavy atom. The Balaban J connectivity index is 2.23. The van der Waals surface area contributed by atoms with Crippen molar-refractivity contribution in [1.82, 2.24) is 5.17 Å². The van der Waals surface area contributed by atoms with E-state index in [1.807, 2.05) is 0 Å². The van der Waals surface area contributed by atoms with Crippen molar-refractivity contribution in [3.63, 3.8) is 0 Å². The van der Waals surface area contributed by atoms with Crippen molar-refractivity contribution in [2.24, 2.45) is 10.8 Å². The molecule has 2 aromatic rings. The first-order chi connectivity index (χ1) is 11.7. The molecule has 0 heterocycles. The van der Waals surface area contributed by atoms with Crippen molar-refractivity contribution < 1.29 is 17.1 Å². The zero-order chi connectivity index (χ0) is 18.6. The number of hydrogen-bond acceptors (Lipinski definition) is 5. The largest absolute Gasteiger partial charge is 0.367 e. The van der Waals surface area contributed by atoms with Crippen LogP contribution in [-0.2, 0) is 14.4 Å². The molecule has 0 aromatic heterocycles. The number of rotatable bonds is 5. The topological polar surface area (TPSA) is 109 Å². The Morgan fingerprint density at radius 1 is 1.32 bits per heavy atom. The van der Waals surface area contributed by atoms with Crippen LogP contribution in [0.5, 0.6) is 0 Å². The minimum absolute atomic E-state index is 0.121. The molecule has 0 aliphatic carbocycles. The number of hydroxylamine groups is 1. The van der Waals surface area contributed by atoms with Gasteiger partial charge in [-0.2, -0.15) is 8.42 Å². The van der Waals surface area contributed by atoms with E-state index >= 15 is 0 Å². The number of nitrogens with one attached hydrogen (secondary N) is 1. The Hall–Kier alpha value is -2.49. The monoisotopic (exact) mass is 384 g/mol. The van der Waals surface area contributed by atoms with Crippen LogP contribution >= 0.6 is 11.6 Å². The summed E-state index contributed by atoms with van der Waals surface area (Å²) in [6.45, 7) is 1.80. The molecule has 25 heavy (non-hydrogen) atoms. The van der Waals surface area contributed by atoms with Gasteiger partial charge >= 0.3 is 10.1 Å². The third-order valence-corrected chi connectivity index (χ3v) is 4.42. The highest BCUT2D eigenvalue weighted by Gasteiger charge is 2.21. The lowest BCUT2D eigenvalue weighted by molar-refractivity contribution is 0.0284. The van der Waals surface area contributed by atoms with Gasteiger partial charge in [0.05, 0.1) is 16.1 Å². The highest BCUT2D eigenvalue weighted by molar-refractivity contribution is 7.86. The summed E-state index contributed by atoms with van der Waals surface area (Å²) < 4.78 is 42.3. The predicted molar refractivity (Wildman–Crippen MR) is 92.2 cm³/mol. The van der Waals surface area contributed by atoms with Crippen LogP contribution in [0.3, 0.4) is 0 Å². The van der Waals surface area contributed by atoms with E-state index in [-0.39, 0.29) is 9.92 Å². The summed E-state index contributed by atoms with van der Waals surface area (Å²) in [5.74, 6) is -1.37. The fourth-order valence-corrected chi connectivity index (χ4v) is 2.72. The number of hydrazone groups is 1. The van der Waals surface area contributed by atoms with E-state index in [9.17, 15) is 12.8 Å². The average Bonchev–Trinajstić information content (AvgIpc) is 2.54. The molecular formula is C15H14ClFN4O3S. The molecule has 0 unspecified atom stereocenters. The van der Waals surface area contributed by atoms with E-state index in [4.69, 9.17) is 27.0 Å². The zero-order valence-corrected chi connectivity index (χ0v) is 14.6. The van der Waals surface area contributed by atoms with Crippen LogP contribution in [-0.4, -0.2) is 25.8 Å². The standard InChI is InChI=1S/C15H14ClFN4O3S/c1-10-2-5-12(6-3-10)25(22,23)24-21(15(18)19)20-9-11-4-7-14(17)13(16)8-11/h2-9H,1H3,(H3,18,19). The summed E-state index contributed by atoms with van der Waals surface area (Å²) in [6.07, 6.45) is 1.12. The van der Waals surface area contributed by atoms with Gasteiger partial charge in [0.15, 0.2) is 0 Å². The average molecular weight is 385 g/mol. The number of nitrogens with two attached hydrogens (primary N) is 1. The van der Waals surface area contributed by atoms with Gasteiger partial charge in [-0.3, -0.25) is 5.41 Å². The Kier molecular flexibility index (Phi) is 5.73. The van der Waals surface area contributed by atoms with Crippen LogP contribution in [0, 0.1) is 18.2 Å². The molecule has 10 heteroatoms. The second-order valence-corrected chi connectivity index (χ2v) is 6.85. The fourth-order valence-electron chi connectivity index (χ4n) is 1.67. The minimum Gasteiger partial charge on any atom is -0.367 e. The van der Waals surface area contributed by atoms with E-state index in [2.05, 4.69) is 5.10 Å². The van der Waals surface area contributed by atoms with Gasteiger partial charge in [0, 0.05) is 0 Å². The molecule has 0 bridgehead atoms. The summed E-state index contributed by atoms with van der Waals surface area (Å²) in [6, 6.07) is 9.64. The molecule has 0 saturated carbocycles. The van der Waals surface area contributed by atoms with Crippen molar-refractivity contribution in [3.05, 3.63) is 64.4 Å². The van der Waals surface area contributed by atoms with E-state index in [0.717, 1.165) is 17.8 Å². The maximum Gasteiger partial charge on any atom is 0.319 e. The van der Waals surface area contributed by atoms with Gasteiger partial charge in [0.25, 0.3) is 0 Å². The van der Waals surface area contributed by atoms with Gasteiger partial charge < -0.3 is 5.73 Å². The molecule has 0 radical (unpaired) electrons. The smallest absolute Gasteiger partial charge is 0.319 e. The molecule has 7 nitrogen and oxygen atoms in total. The fraction of sp³-hybridized carbons (Fsp3) is 0.0667. The normalized spacial score (nSPS) is 11.6. The first kappa shape index (κ1) is 18.8. The quantitative estimate of drug-likeness (QED) is 0.468. The zero-order valence-electron chi connectivity index (χ0n) is 13.0. The first-order valence-electron chi connectivity index (χ1n) is 6.83. The number of benzene rings is 2. The highest BCUT2D eigenvalue weighted by atomic mass is 35.5. The highest BCUT2D eigenvalue weighted by Crippen LogP contribution is 2.16. The first-order valence-corrected chi connectivity index (χ1v) is 8.62. The van der Waals surface area contributed by atoms with Crippen LogP contribution in [0.15, 0.2) is 52.5 Å². The molecule has 0 fully saturated rings. The van der Waals surface area contributed by atoms with Crippen LogP contribution in [0.1, 0.15) is 11.1 Å². The van der Waals surface area contributed by atoms with Crippen molar-refractivity contribution in [2.75, 3.05) is 0 Å². The molecule has 0 atom stereocenters. The Morgan fingerprint density at radius 3 is 2.52 bits per heavy atom. The predicted octanol–water partition coefficient (Wildman–Crippen LogP) is 2.64. The van der Waals surface area contributed by atoms with Crippen molar-refractivity contribution >= 4 is 33.9 Å². The molecular weight excluding hydrogens is 371 g/mol. The molecule has 132 valence electrons. The van der Waals surface area contributed by atoms with Gasteiger partial charge in [-0.15, -0.1) is 9.39 Å². The number of aryl methyl sites for hydroxylation is 1. The van der Waals surface area contributed by atoms with E-state index < -0.39 is 21.9 Å². The van der Waals surface area contributed by atoms with E-state index in [0.29, 0.717) is 10.7 Å². The number of halogens is 2. The van der Waals surface area contributed by atoms with Gasteiger partial charge in [0.1, 0.15) is 5.82 Å². The van der Waals surface area contributed by atoms with Crippen LogP contribution in [0.4, 0.5) is 4.39 Å². The molecule has 0 saturated heterocycles. The Bertz CT molecular complexity index is 917. The molecule has 2 rings (SSSR count). The van der Waals surface area contributed by atoms with Crippen LogP contribution in [0.2, 0.25) is 5.02 Å². The van der Waals surface area contributed by atoms with Gasteiger partial charge in [0.2, 0.25) is 5.96 Å². The lowest BCUT2D eigenvalue weighted by atomic mass is 10.2. The second kappa shape index (κ2) is 7.60. The lowest BCUT2D eigenvalue weighted by Gasteiger charge is -2.15. The number of guanidine groups is 1. The maximum absolute atomic E-state index is 13.1. The van der Waals surface area contributed by atoms with Gasteiger partial charge in [-0.05, 0) is 36.8 Å². The van der Waals surface area contributed by atoms with E-state index in [1.54, 1.807) is 19.1 Å². The van der Waals surface area contributed by atoms with Gasteiger partial charge in [-0.1, -0.05) is 40.5 Å². The second-order valence-electron chi connectivity index (χ2n) is 4.92. The maximum atomic E-state index is 13.1. The minimum atomic E-state index is -4.24. The third kappa shape index (κ3) is 4.99. The summed E-state index contributed by atoms with van der Waals surface area (Å²) in [5, 5.41) is 11.2. The summed E-state index contributed by atoms with van der Waals surface area (Å²) in [7, 11) is -4.24. The summed E-state index contributed by atoms with van der Waals surface area (Å²) in [4.78, 5) is -0.121. The van der Waals surface area contributed by atoms with Crippen molar-refractivity contribution in [1.29, 1.82) is 5.41 Å². The van der Waals surface area contributed by atoms with Crippen molar-refractivity contribution in [2.45, 2.75) is 11.8 Å². The number of nitrogens with zero attached hydrogens (tertiary/aromatic N) is 2. The number of hydrogen-bond donors (Lipinski definition) is 2. The van der Waals surface area contributed by atoms with Crippen molar-refractivity contribution in [3.8, 4) is 0 Å². The lowest BCUT2D eigenvalue weighted by Crippen LogP contribution is -2.34. The van der Waals surface area contributed by atoms with E-state index in [1.165, 1.54) is 24.3 Å². The summed E-state index contributed by atoms with van der Waals surface area (Å²) in [5.41, 5.74) is 6.51. The molecule has 3 N–H and O–H groups in total. The molecule has 0 spiro atoms. The third-order valence-electron chi connectivity index (χ3n) is 2.94. The SMILES string of the molecule is Cc1ccc(S(=O)(=O)ON(N=Cc2ccc(F)c(Cl)c2)C(=N)N)cc1. The van der Waals surface area contributed by atoms with Crippen LogP contribution in [0.25, 0.3) is 0 Å². The van der Waals surface area contributed by atoms with Crippen LogP contribution < -0.4 is 5.73 Å². The molecule has 0 amide bonds. The summed E-state index contributed by atoms with van der Waals surface area (Å²) >= 11 is 5.65. The molecule has 2 aromatic carbocycles. The molecule has 0 aliphatic rings. The Labute approximate surface area is 149 Å². The van der Waals surface area contributed by atoms with Gasteiger partial charge in [-0.25, -0.2) is 4.39 Å². The molecule has 0 aliphatic heterocycles.